The molecule has 2 rings (SSSR count). The molecule has 1 atom stereocenters. The lowest BCUT2D eigenvalue weighted by atomic mass is 9.77. The number of carbonyl (C=O) groups is 1. The van der Waals surface area contributed by atoms with Crippen LogP contribution in [0.2, 0.25) is 0 Å². The Morgan fingerprint density at radius 1 is 1.61 bits per heavy atom. The summed E-state index contributed by atoms with van der Waals surface area (Å²) < 4.78 is 0. The Kier molecular flexibility index (Phi) is 4.40. The molecule has 2 heterocycles. The zero-order valence-electron chi connectivity index (χ0n) is 11.2. The molecule has 1 fully saturated rings. The van der Waals surface area contributed by atoms with Crippen molar-refractivity contribution >= 4 is 17.2 Å². The van der Waals surface area contributed by atoms with Crippen molar-refractivity contribution in [2.75, 3.05) is 20.1 Å². The zero-order valence-corrected chi connectivity index (χ0v) is 12.1. The minimum Gasteiger partial charge on any atom is -0.341 e. The first-order valence-corrected chi connectivity index (χ1v) is 7.59. The fraction of sp³-hybridized carbons (Fsp3) is 0.643. The maximum Gasteiger partial charge on any atom is 0.230 e. The van der Waals surface area contributed by atoms with Gasteiger partial charge in [-0.1, -0.05) is 6.92 Å². The van der Waals surface area contributed by atoms with Crippen LogP contribution in [0.15, 0.2) is 16.8 Å². The molecule has 0 radical (unpaired) electrons. The first kappa shape index (κ1) is 13.6. The molecular weight excluding hydrogens is 244 g/mol. The predicted octanol–water partition coefficient (Wildman–Crippen LogP) is 2.49. The van der Waals surface area contributed by atoms with E-state index in [2.05, 4.69) is 29.1 Å². The van der Waals surface area contributed by atoms with Crippen LogP contribution in [0.1, 0.15) is 31.7 Å². The Labute approximate surface area is 113 Å². The summed E-state index contributed by atoms with van der Waals surface area (Å²) >= 11 is 1.68. The van der Waals surface area contributed by atoms with Crippen LogP contribution in [0.4, 0.5) is 0 Å². The molecule has 1 aromatic rings. The number of nitrogens with zero attached hydrogens (tertiary/aromatic N) is 1. The molecule has 1 unspecified atom stereocenters. The van der Waals surface area contributed by atoms with Crippen LogP contribution in [-0.2, 0) is 11.3 Å². The van der Waals surface area contributed by atoms with Crippen LogP contribution in [0.5, 0.6) is 0 Å². The molecule has 100 valence electrons. The van der Waals surface area contributed by atoms with E-state index in [0.29, 0.717) is 5.91 Å². The maximum atomic E-state index is 12.7. The average Bonchev–Trinajstić information content (AvgIpc) is 2.91. The standard InChI is InChI=1S/C14H22N2OS/c1-3-14(6-4-7-15-11-14)13(17)16(2)9-12-5-8-18-10-12/h5,8,10,15H,3-4,6-7,9,11H2,1-2H3. The second kappa shape index (κ2) is 5.85. The van der Waals surface area contributed by atoms with E-state index in [1.807, 2.05) is 11.9 Å². The van der Waals surface area contributed by atoms with E-state index in [4.69, 9.17) is 0 Å². The molecule has 1 aliphatic rings. The second-order valence-corrected chi connectivity index (χ2v) is 5.99. The van der Waals surface area contributed by atoms with Crippen molar-refractivity contribution in [2.45, 2.75) is 32.7 Å². The molecule has 0 bridgehead atoms. The third kappa shape index (κ3) is 2.75. The van der Waals surface area contributed by atoms with Crippen molar-refractivity contribution < 1.29 is 4.79 Å². The number of thiophene rings is 1. The number of carbonyl (C=O) groups excluding carboxylic acids is 1. The number of rotatable bonds is 4. The summed E-state index contributed by atoms with van der Waals surface area (Å²) in [5.74, 6) is 0.295. The van der Waals surface area contributed by atoms with Gasteiger partial charge in [-0.05, 0) is 48.2 Å². The molecule has 1 N–H and O–H groups in total. The Hall–Kier alpha value is -0.870. The smallest absolute Gasteiger partial charge is 0.230 e. The van der Waals surface area contributed by atoms with E-state index >= 15 is 0 Å². The molecule has 1 aliphatic heterocycles. The van der Waals surface area contributed by atoms with Crippen molar-refractivity contribution in [3.05, 3.63) is 22.4 Å². The quantitative estimate of drug-likeness (QED) is 0.908. The molecule has 3 nitrogen and oxygen atoms in total. The van der Waals surface area contributed by atoms with Crippen LogP contribution in [-0.4, -0.2) is 30.9 Å². The van der Waals surface area contributed by atoms with Crippen LogP contribution < -0.4 is 5.32 Å². The van der Waals surface area contributed by atoms with Gasteiger partial charge >= 0.3 is 0 Å². The van der Waals surface area contributed by atoms with Crippen LogP contribution in [0.3, 0.4) is 0 Å². The largest absolute Gasteiger partial charge is 0.341 e. The monoisotopic (exact) mass is 266 g/mol. The van der Waals surface area contributed by atoms with Crippen molar-refractivity contribution in [3.8, 4) is 0 Å². The van der Waals surface area contributed by atoms with Crippen LogP contribution in [0.25, 0.3) is 0 Å². The number of piperidine rings is 1. The van der Waals surface area contributed by atoms with Crippen molar-refractivity contribution in [1.82, 2.24) is 10.2 Å². The number of hydrogen-bond donors (Lipinski definition) is 1. The van der Waals surface area contributed by atoms with Crippen molar-refractivity contribution in [3.63, 3.8) is 0 Å². The third-order valence-electron chi connectivity index (χ3n) is 3.95. The summed E-state index contributed by atoms with van der Waals surface area (Å²) in [4.78, 5) is 14.6. The van der Waals surface area contributed by atoms with Gasteiger partial charge in [0.15, 0.2) is 0 Å². The van der Waals surface area contributed by atoms with Gasteiger partial charge in [0, 0.05) is 20.1 Å². The normalized spacial score (nSPS) is 23.9. The van der Waals surface area contributed by atoms with Crippen LogP contribution in [0, 0.1) is 5.41 Å². The van der Waals surface area contributed by atoms with Gasteiger partial charge in [-0.15, -0.1) is 0 Å². The Bertz CT molecular complexity index is 383. The van der Waals surface area contributed by atoms with E-state index in [-0.39, 0.29) is 5.41 Å². The fourth-order valence-electron chi connectivity index (χ4n) is 2.74. The number of hydrogen-bond acceptors (Lipinski definition) is 3. The first-order chi connectivity index (χ1) is 8.68. The first-order valence-electron chi connectivity index (χ1n) is 6.65. The highest BCUT2D eigenvalue weighted by atomic mass is 32.1. The van der Waals surface area contributed by atoms with Gasteiger partial charge in [0.1, 0.15) is 0 Å². The molecule has 0 aromatic carbocycles. The molecule has 0 saturated carbocycles. The average molecular weight is 266 g/mol. The summed E-state index contributed by atoms with van der Waals surface area (Å²) in [7, 11) is 1.92. The zero-order chi connectivity index (χ0) is 13.0. The van der Waals surface area contributed by atoms with Crippen molar-refractivity contribution in [2.24, 2.45) is 5.41 Å². The molecule has 4 heteroatoms. The van der Waals surface area contributed by atoms with E-state index in [9.17, 15) is 4.79 Å². The summed E-state index contributed by atoms with van der Waals surface area (Å²) in [6, 6.07) is 2.09. The molecular formula is C14H22N2OS. The predicted molar refractivity (Wildman–Crippen MR) is 75.6 cm³/mol. The Morgan fingerprint density at radius 2 is 2.44 bits per heavy atom. The molecule has 0 aliphatic carbocycles. The van der Waals surface area contributed by atoms with Gasteiger partial charge < -0.3 is 10.2 Å². The fourth-order valence-corrected chi connectivity index (χ4v) is 3.40. The maximum absolute atomic E-state index is 12.7. The topological polar surface area (TPSA) is 32.3 Å². The minimum absolute atomic E-state index is 0.178. The molecule has 1 saturated heterocycles. The highest BCUT2D eigenvalue weighted by molar-refractivity contribution is 7.07. The number of amides is 1. The van der Waals surface area contributed by atoms with Gasteiger partial charge in [-0.3, -0.25) is 4.79 Å². The highest BCUT2D eigenvalue weighted by Crippen LogP contribution is 2.32. The molecule has 1 amide bonds. The SMILES string of the molecule is CCC1(C(=O)N(C)Cc2ccsc2)CCCNC1. The van der Waals surface area contributed by atoms with Gasteiger partial charge in [-0.2, -0.15) is 11.3 Å². The Balaban J connectivity index is 2.04. The lowest BCUT2D eigenvalue weighted by Gasteiger charge is -2.38. The highest BCUT2D eigenvalue weighted by Gasteiger charge is 2.39. The van der Waals surface area contributed by atoms with E-state index < -0.39 is 0 Å². The summed E-state index contributed by atoms with van der Waals surface area (Å²) in [6.45, 7) is 4.73. The van der Waals surface area contributed by atoms with Gasteiger partial charge in [0.2, 0.25) is 5.91 Å². The van der Waals surface area contributed by atoms with Gasteiger partial charge in [-0.25, -0.2) is 0 Å². The lowest BCUT2D eigenvalue weighted by Crippen LogP contribution is -2.50. The van der Waals surface area contributed by atoms with E-state index in [0.717, 1.165) is 38.9 Å². The van der Waals surface area contributed by atoms with E-state index in [1.165, 1.54) is 5.56 Å². The molecule has 1 aromatic heterocycles. The summed E-state index contributed by atoms with van der Waals surface area (Å²) in [6.07, 6.45) is 3.04. The molecule has 0 spiro atoms. The summed E-state index contributed by atoms with van der Waals surface area (Å²) in [5, 5.41) is 7.55. The third-order valence-corrected chi connectivity index (χ3v) is 4.68. The summed E-state index contributed by atoms with van der Waals surface area (Å²) in [5.41, 5.74) is 1.05. The molecule has 18 heavy (non-hydrogen) atoms. The second-order valence-electron chi connectivity index (χ2n) is 5.21. The number of nitrogens with one attached hydrogen (secondary N) is 1. The van der Waals surface area contributed by atoms with Gasteiger partial charge in [0.25, 0.3) is 0 Å². The van der Waals surface area contributed by atoms with E-state index in [1.54, 1.807) is 11.3 Å². The lowest BCUT2D eigenvalue weighted by molar-refractivity contribution is -0.142. The minimum atomic E-state index is -0.178. The Morgan fingerprint density at radius 3 is 3.00 bits per heavy atom. The van der Waals surface area contributed by atoms with Crippen LogP contribution >= 0.6 is 11.3 Å². The van der Waals surface area contributed by atoms with Crippen molar-refractivity contribution in [1.29, 1.82) is 0 Å². The van der Waals surface area contributed by atoms with Gasteiger partial charge in [0.05, 0.1) is 5.41 Å².